The number of rotatable bonds is 5. The van der Waals surface area contributed by atoms with Gasteiger partial charge in [-0.2, -0.15) is 18.2 Å². The van der Waals surface area contributed by atoms with Gasteiger partial charge in [-0.05, 0) is 25.8 Å². The van der Waals surface area contributed by atoms with Crippen LogP contribution in [0.5, 0.6) is 11.8 Å². The summed E-state index contributed by atoms with van der Waals surface area (Å²) >= 11 is 0. The molecule has 14 heteroatoms. The number of halogens is 3. The number of pyridine rings is 1. The lowest BCUT2D eigenvalue weighted by Gasteiger charge is -2.41. The number of carbonyl (C=O) groups is 2. The SMILES string of the molecule is COc1cccc(C(=O)Nc2cn3cc(C45COC(C)(C4)C5)nc3c(OC)n2)n1.O=C(O)C(F)(F)F. The van der Waals surface area contributed by atoms with Gasteiger partial charge in [-0.25, -0.2) is 14.8 Å². The highest BCUT2D eigenvalue weighted by Gasteiger charge is 2.61. The first kappa shape index (κ1) is 25.2. The number of methoxy groups -OCH3 is 2. The Hall–Kier alpha value is -3.94. The summed E-state index contributed by atoms with van der Waals surface area (Å²) in [4.78, 5) is 34.8. The van der Waals surface area contributed by atoms with Crippen molar-refractivity contribution < 1.29 is 42.1 Å². The van der Waals surface area contributed by atoms with Crippen LogP contribution in [-0.4, -0.2) is 68.9 Å². The monoisotopic (exact) mass is 509 g/mol. The summed E-state index contributed by atoms with van der Waals surface area (Å²) in [5.41, 5.74) is 1.73. The average Bonchev–Trinajstić information content (AvgIpc) is 3.49. The highest BCUT2D eigenvalue weighted by molar-refractivity contribution is 6.02. The zero-order valence-electron chi connectivity index (χ0n) is 19.4. The Morgan fingerprint density at radius 1 is 1.14 bits per heavy atom. The van der Waals surface area contributed by atoms with Gasteiger partial charge in [0.1, 0.15) is 5.69 Å². The predicted octanol–water partition coefficient (Wildman–Crippen LogP) is 2.85. The summed E-state index contributed by atoms with van der Waals surface area (Å²) in [7, 11) is 3.03. The molecule has 0 aromatic carbocycles. The summed E-state index contributed by atoms with van der Waals surface area (Å²) in [5.74, 6) is -2.11. The van der Waals surface area contributed by atoms with Crippen LogP contribution >= 0.6 is 0 Å². The maximum atomic E-state index is 12.6. The zero-order valence-corrected chi connectivity index (χ0v) is 19.4. The predicted molar refractivity (Wildman–Crippen MR) is 117 cm³/mol. The first-order chi connectivity index (χ1) is 16.9. The fraction of sp³-hybridized carbons (Fsp3) is 0.409. The van der Waals surface area contributed by atoms with E-state index in [0.717, 1.165) is 18.5 Å². The molecule has 2 saturated heterocycles. The Morgan fingerprint density at radius 3 is 2.39 bits per heavy atom. The van der Waals surface area contributed by atoms with Gasteiger partial charge in [-0.1, -0.05) is 6.07 Å². The van der Waals surface area contributed by atoms with Crippen molar-refractivity contribution in [1.82, 2.24) is 19.4 Å². The van der Waals surface area contributed by atoms with Crippen LogP contribution in [0.15, 0.2) is 30.6 Å². The zero-order chi connectivity index (χ0) is 26.3. The number of carbonyl (C=O) groups excluding carboxylic acids is 1. The maximum absolute atomic E-state index is 12.6. The van der Waals surface area contributed by atoms with Crippen LogP contribution in [-0.2, 0) is 14.9 Å². The Balaban J connectivity index is 0.000000384. The van der Waals surface area contributed by atoms with Crippen LogP contribution in [0, 0.1) is 0 Å². The van der Waals surface area contributed by atoms with Crippen molar-refractivity contribution in [1.29, 1.82) is 0 Å². The fourth-order valence-corrected chi connectivity index (χ4v) is 4.41. The molecule has 0 spiro atoms. The van der Waals surface area contributed by atoms with Gasteiger partial charge in [0.05, 0.1) is 38.3 Å². The van der Waals surface area contributed by atoms with Crippen molar-refractivity contribution in [2.75, 3.05) is 26.1 Å². The van der Waals surface area contributed by atoms with Gasteiger partial charge in [-0.15, -0.1) is 0 Å². The number of nitrogens with one attached hydrogen (secondary N) is 1. The van der Waals surface area contributed by atoms with E-state index in [2.05, 4.69) is 22.2 Å². The topological polar surface area (TPSA) is 137 Å². The third-order valence-electron chi connectivity index (χ3n) is 5.91. The van der Waals surface area contributed by atoms with Crippen molar-refractivity contribution in [3.63, 3.8) is 0 Å². The van der Waals surface area contributed by atoms with Crippen LogP contribution in [0.2, 0.25) is 0 Å². The molecule has 5 heterocycles. The molecule has 0 unspecified atom stereocenters. The van der Waals surface area contributed by atoms with Crippen LogP contribution < -0.4 is 14.8 Å². The van der Waals surface area contributed by atoms with E-state index in [9.17, 15) is 18.0 Å². The molecule has 0 atom stereocenters. The lowest BCUT2D eigenvalue weighted by molar-refractivity contribution is -0.192. The molecule has 3 aromatic heterocycles. The number of aromatic nitrogens is 4. The minimum absolute atomic E-state index is 0.0268. The lowest BCUT2D eigenvalue weighted by Crippen LogP contribution is -2.45. The van der Waals surface area contributed by atoms with Crippen molar-refractivity contribution in [2.24, 2.45) is 0 Å². The maximum Gasteiger partial charge on any atom is 0.490 e. The van der Waals surface area contributed by atoms with Crippen molar-refractivity contribution in [2.45, 2.75) is 37.0 Å². The second-order valence-corrected chi connectivity index (χ2v) is 8.69. The number of carboxylic acids is 1. The fourth-order valence-electron chi connectivity index (χ4n) is 4.41. The van der Waals surface area contributed by atoms with Gasteiger partial charge in [0.15, 0.2) is 5.82 Å². The Morgan fingerprint density at radius 2 is 1.83 bits per heavy atom. The van der Waals surface area contributed by atoms with Gasteiger partial charge in [0.25, 0.3) is 11.8 Å². The third-order valence-corrected chi connectivity index (χ3v) is 5.91. The van der Waals surface area contributed by atoms with E-state index in [-0.39, 0.29) is 16.7 Å². The van der Waals surface area contributed by atoms with E-state index in [1.165, 1.54) is 14.2 Å². The van der Waals surface area contributed by atoms with Crippen molar-refractivity contribution in [3.05, 3.63) is 42.0 Å². The second kappa shape index (κ2) is 8.93. The van der Waals surface area contributed by atoms with E-state index in [0.29, 0.717) is 29.8 Å². The molecule has 6 rings (SSSR count). The summed E-state index contributed by atoms with van der Waals surface area (Å²) in [6.07, 6.45) is 0.527. The highest BCUT2D eigenvalue weighted by Crippen LogP contribution is 2.58. The molecule has 2 aliphatic heterocycles. The van der Waals surface area contributed by atoms with E-state index in [4.69, 9.17) is 29.1 Å². The van der Waals surface area contributed by atoms with Crippen molar-refractivity contribution in [3.8, 4) is 11.8 Å². The lowest BCUT2D eigenvalue weighted by atomic mass is 9.62. The summed E-state index contributed by atoms with van der Waals surface area (Å²) in [6.45, 7) is 2.81. The summed E-state index contributed by atoms with van der Waals surface area (Å²) in [5, 5.41) is 9.88. The summed E-state index contributed by atoms with van der Waals surface area (Å²) < 4.78 is 50.0. The molecule has 2 N–H and O–H groups in total. The van der Waals surface area contributed by atoms with Crippen LogP contribution in [0.4, 0.5) is 19.0 Å². The van der Waals surface area contributed by atoms with Gasteiger partial charge >= 0.3 is 12.1 Å². The second-order valence-electron chi connectivity index (χ2n) is 8.69. The van der Waals surface area contributed by atoms with Crippen LogP contribution in [0.1, 0.15) is 35.9 Å². The van der Waals surface area contributed by atoms with E-state index in [1.54, 1.807) is 24.4 Å². The molecule has 11 nitrogen and oxygen atoms in total. The molecule has 3 aromatic rings. The number of alkyl halides is 3. The van der Waals surface area contributed by atoms with Crippen LogP contribution in [0.3, 0.4) is 0 Å². The number of ether oxygens (including phenoxy) is 3. The van der Waals surface area contributed by atoms with E-state index >= 15 is 0 Å². The molecule has 0 radical (unpaired) electrons. The number of hydrogen-bond acceptors (Lipinski definition) is 8. The summed E-state index contributed by atoms with van der Waals surface area (Å²) in [6, 6.07) is 4.99. The number of amides is 1. The number of anilines is 1. The van der Waals surface area contributed by atoms with Crippen molar-refractivity contribution >= 4 is 23.3 Å². The molecule has 1 aliphatic carbocycles. The number of fused-ring (bicyclic) bond motifs is 2. The first-order valence-corrected chi connectivity index (χ1v) is 10.6. The third kappa shape index (κ3) is 4.76. The Bertz CT molecular complexity index is 1320. The molecule has 3 fully saturated rings. The number of carboxylic acid groups (broad SMARTS) is 1. The number of aliphatic carboxylic acids is 1. The normalized spacial score (nSPS) is 22.3. The van der Waals surface area contributed by atoms with Crippen LogP contribution in [0.25, 0.3) is 5.65 Å². The van der Waals surface area contributed by atoms with Gasteiger partial charge in [0.2, 0.25) is 11.5 Å². The van der Waals surface area contributed by atoms with E-state index in [1.807, 2.05) is 10.6 Å². The minimum Gasteiger partial charge on any atom is -0.481 e. The smallest absolute Gasteiger partial charge is 0.481 e. The van der Waals surface area contributed by atoms with Gasteiger partial charge < -0.3 is 24.6 Å². The first-order valence-electron chi connectivity index (χ1n) is 10.6. The molecular weight excluding hydrogens is 487 g/mol. The number of imidazole rings is 1. The molecule has 1 amide bonds. The quantitative estimate of drug-likeness (QED) is 0.532. The standard InChI is InChI=1S/C20H21N5O4.C2HF3O2/c1-19-9-20(10-19,11-29-19)13-7-25-8-14(24-18(28-3)16(25)22-13)23-17(26)12-5-4-6-15(21-12)27-2;3-2(4,5)1(6)7/h4-8H,9-11H2,1-3H3,(H,23,26);(H,6,7). The molecule has 36 heavy (non-hydrogen) atoms. The molecule has 2 bridgehead atoms. The molecule has 1 saturated carbocycles. The minimum atomic E-state index is -5.08. The van der Waals surface area contributed by atoms with E-state index < -0.39 is 18.1 Å². The van der Waals surface area contributed by atoms with Gasteiger partial charge in [-0.3, -0.25) is 9.20 Å². The average molecular weight is 509 g/mol. The largest absolute Gasteiger partial charge is 0.490 e. The Kier molecular flexibility index (Phi) is 6.24. The molecule has 192 valence electrons. The highest BCUT2D eigenvalue weighted by atomic mass is 19.4. The number of nitrogens with zero attached hydrogens (tertiary/aromatic N) is 4. The van der Waals surface area contributed by atoms with Gasteiger partial charge in [0, 0.05) is 17.7 Å². The molecule has 3 aliphatic rings. The Labute approximate surface area is 202 Å². The number of hydrogen-bond donors (Lipinski definition) is 2. The molecular formula is C22H22F3N5O6.